The van der Waals surface area contributed by atoms with Crippen LogP contribution >= 0.6 is 27.3 Å². The fourth-order valence-electron chi connectivity index (χ4n) is 2.32. The molecular formula is C12H15BrN4S. The van der Waals surface area contributed by atoms with E-state index in [0.717, 1.165) is 37.6 Å². The number of nitrogens with zero attached hydrogens (tertiary/aromatic N) is 3. The highest BCUT2D eigenvalue weighted by atomic mass is 79.9. The molecule has 1 aliphatic heterocycles. The smallest absolute Gasteiger partial charge is 0.133 e. The number of aromatic nitrogens is 3. The molecule has 0 radical (unpaired) electrons. The Morgan fingerprint density at radius 3 is 3.22 bits per heavy atom. The standard InChI is InChI=1S/C12H15BrN4S/c1-8-15-16-12-3-2-10(6-17(8)12)14-5-11-4-9(13)7-18-11/h4,7,10,14H,2-3,5-6H2,1H3/t10-/m0/s1. The molecule has 0 fully saturated rings. The molecule has 2 aromatic rings. The highest BCUT2D eigenvalue weighted by Crippen LogP contribution is 2.20. The van der Waals surface area contributed by atoms with Gasteiger partial charge in [0.05, 0.1) is 0 Å². The van der Waals surface area contributed by atoms with Crippen LogP contribution in [0.1, 0.15) is 22.9 Å². The Balaban J connectivity index is 1.61. The summed E-state index contributed by atoms with van der Waals surface area (Å²) in [5, 5.41) is 14.1. The van der Waals surface area contributed by atoms with Crippen molar-refractivity contribution in [2.75, 3.05) is 0 Å². The van der Waals surface area contributed by atoms with Crippen LogP contribution in [-0.2, 0) is 19.5 Å². The summed E-state index contributed by atoms with van der Waals surface area (Å²) in [7, 11) is 0. The Morgan fingerprint density at radius 2 is 2.44 bits per heavy atom. The number of rotatable bonds is 3. The average Bonchev–Trinajstić information content (AvgIpc) is 2.94. The first-order valence-electron chi connectivity index (χ1n) is 6.07. The molecule has 0 unspecified atom stereocenters. The number of aryl methyl sites for hydroxylation is 2. The minimum absolute atomic E-state index is 0.521. The summed E-state index contributed by atoms with van der Waals surface area (Å²) in [6.07, 6.45) is 2.16. The fraction of sp³-hybridized carbons (Fsp3) is 0.500. The number of hydrogen-bond donors (Lipinski definition) is 1. The molecule has 2 aromatic heterocycles. The maximum atomic E-state index is 4.19. The largest absolute Gasteiger partial charge is 0.314 e. The second kappa shape index (κ2) is 5.11. The lowest BCUT2D eigenvalue weighted by molar-refractivity contribution is 0.376. The van der Waals surface area contributed by atoms with E-state index in [4.69, 9.17) is 0 Å². The van der Waals surface area contributed by atoms with Crippen molar-refractivity contribution in [2.24, 2.45) is 0 Å². The van der Waals surface area contributed by atoms with E-state index in [0.29, 0.717) is 6.04 Å². The Kier molecular flexibility index (Phi) is 3.50. The molecule has 0 saturated heterocycles. The molecule has 0 saturated carbocycles. The molecule has 3 rings (SSSR count). The normalized spacial score (nSPS) is 18.9. The topological polar surface area (TPSA) is 42.7 Å². The number of hydrogen-bond acceptors (Lipinski definition) is 4. The van der Waals surface area contributed by atoms with E-state index >= 15 is 0 Å². The van der Waals surface area contributed by atoms with Gasteiger partial charge in [-0.25, -0.2) is 0 Å². The number of halogens is 1. The van der Waals surface area contributed by atoms with Gasteiger partial charge in [-0.1, -0.05) is 0 Å². The van der Waals surface area contributed by atoms with Crippen molar-refractivity contribution in [1.82, 2.24) is 20.1 Å². The monoisotopic (exact) mass is 326 g/mol. The van der Waals surface area contributed by atoms with Crippen molar-refractivity contribution in [1.29, 1.82) is 0 Å². The summed E-state index contributed by atoms with van der Waals surface area (Å²) < 4.78 is 3.40. The van der Waals surface area contributed by atoms with E-state index in [-0.39, 0.29) is 0 Å². The molecule has 6 heteroatoms. The number of nitrogens with one attached hydrogen (secondary N) is 1. The molecule has 96 valence electrons. The quantitative estimate of drug-likeness (QED) is 0.942. The molecule has 0 spiro atoms. The summed E-state index contributed by atoms with van der Waals surface area (Å²) in [6, 6.07) is 2.70. The van der Waals surface area contributed by atoms with Crippen LogP contribution in [0, 0.1) is 6.92 Å². The summed E-state index contributed by atoms with van der Waals surface area (Å²) in [6.45, 7) is 3.95. The number of fused-ring (bicyclic) bond motifs is 1. The lowest BCUT2D eigenvalue weighted by atomic mass is 10.1. The molecule has 1 aliphatic rings. The van der Waals surface area contributed by atoms with Gasteiger partial charge < -0.3 is 9.88 Å². The lowest BCUT2D eigenvalue weighted by Crippen LogP contribution is -2.37. The zero-order valence-electron chi connectivity index (χ0n) is 10.2. The van der Waals surface area contributed by atoms with Gasteiger partial charge in [-0.05, 0) is 35.3 Å². The van der Waals surface area contributed by atoms with Gasteiger partial charge in [0.2, 0.25) is 0 Å². The first kappa shape index (κ1) is 12.3. The maximum absolute atomic E-state index is 4.19. The summed E-state index contributed by atoms with van der Waals surface area (Å²) in [5.74, 6) is 2.15. The summed E-state index contributed by atoms with van der Waals surface area (Å²) in [4.78, 5) is 1.37. The highest BCUT2D eigenvalue weighted by Gasteiger charge is 2.20. The Bertz CT molecular complexity index is 548. The van der Waals surface area contributed by atoms with Gasteiger partial charge >= 0.3 is 0 Å². The van der Waals surface area contributed by atoms with E-state index in [2.05, 4.69) is 47.5 Å². The van der Waals surface area contributed by atoms with Crippen LogP contribution in [0.2, 0.25) is 0 Å². The van der Waals surface area contributed by atoms with Gasteiger partial charge in [-0.2, -0.15) is 0 Å². The minimum atomic E-state index is 0.521. The molecule has 4 nitrogen and oxygen atoms in total. The zero-order chi connectivity index (χ0) is 12.5. The second-order valence-electron chi connectivity index (χ2n) is 4.62. The van der Waals surface area contributed by atoms with Crippen LogP contribution in [0.15, 0.2) is 15.9 Å². The van der Waals surface area contributed by atoms with Crippen LogP contribution in [0.25, 0.3) is 0 Å². The third-order valence-electron chi connectivity index (χ3n) is 3.32. The Hall–Kier alpha value is -0.720. The van der Waals surface area contributed by atoms with Crippen LogP contribution in [0.3, 0.4) is 0 Å². The first-order valence-corrected chi connectivity index (χ1v) is 7.74. The van der Waals surface area contributed by atoms with Crippen molar-refractivity contribution in [3.8, 4) is 0 Å². The third kappa shape index (κ3) is 2.50. The first-order chi connectivity index (χ1) is 8.72. The lowest BCUT2D eigenvalue weighted by Gasteiger charge is -2.24. The molecule has 18 heavy (non-hydrogen) atoms. The van der Waals surface area contributed by atoms with E-state index in [1.807, 2.05) is 6.92 Å². The van der Waals surface area contributed by atoms with E-state index in [1.54, 1.807) is 11.3 Å². The van der Waals surface area contributed by atoms with E-state index in [9.17, 15) is 0 Å². The average molecular weight is 327 g/mol. The molecule has 3 heterocycles. The molecule has 0 amide bonds. The van der Waals surface area contributed by atoms with Crippen molar-refractivity contribution in [2.45, 2.75) is 38.9 Å². The van der Waals surface area contributed by atoms with Gasteiger partial charge in [0.1, 0.15) is 11.6 Å². The molecule has 0 aliphatic carbocycles. The van der Waals surface area contributed by atoms with Crippen LogP contribution in [0.5, 0.6) is 0 Å². The Morgan fingerprint density at radius 1 is 1.56 bits per heavy atom. The third-order valence-corrected chi connectivity index (χ3v) is 5.02. The molecular weight excluding hydrogens is 312 g/mol. The van der Waals surface area contributed by atoms with Crippen molar-refractivity contribution in [3.05, 3.63) is 32.4 Å². The predicted molar refractivity (Wildman–Crippen MR) is 75.7 cm³/mol. The van der Waals surface area contributed by atoms with Crippen LogP contribution < -0.4 is 5.32 Å². The number of thiophene rings is 1. The molecule has 1 N–H and O–H groups in total. The van der Waals surface area contributed by atoms with E-state index in [1.165, 1.54) is 9.35 Å². The van der Waals surface area contributed by atoms with Gasteiger partial charge in [-0.3, -0.25) is 0 Å². The molecule has 1 atom stereocenters. The zero-order valence-corrected chi connectivity index (χ0v) is 12.6. The SMILES string of the molecule is Cc1nnc2n1C[C@@H](NCc1cc(Br)cs1)CC2. The second-order valence-corrected chi connectivity index (χ2v) is 6.53. The maximum Gasteiger partial charge on any atom is 0.133 e. The van der Waals surface area contributed by atoms with Crippen LogP contribution in [-0.4, -0.2) is 20.8 Å². The summed E-state index contributed by atoms with van der Waals surface area (Å²) >= 11 is 5.27. The molecule has 0 aromatic carbocycles. The van der Waals surface area contributed by atoms with E-state index < -0.39 is 0 Å². The van der Waals surface area contributed by atoms with Crippen LogP contribution in [0.4, 0.5) is 0 Å². The highest BCUT2D eigenvalue weighted by molar-refractivity contribution is 9.10. The minimum Gasteiger partial charge on any atom is -0.314 e. The summed E-state index contributed by atoms with van der Waals surface area (Å²) in [5.41, 5.74) is 0. The Labute approximate surface area is 119 Å². The van der Waals surface area contributed by atoms with Gasteiger partial charge in [0.25, 0.3) is 0 Å². The van der Waals surface area contributed by atoms with Gasteiger partial charge in [0, 0.05) is 40.3 Å². The predicted octanol–water partition coefficient (Wildman–Crippen LogP) is 2.52. The van der Waals surface area contributed by atoms with Crippen molar-refractivity contribution >= 4 is 27.3 Å². The van der Waals surface area contributed by atoms with Gasteiger partial charge in [-0.15, -0.1) is 21.5 Å². The fourth-order valence-corrected chi connectivity index (χ4v) is 3.72. The van der Waals surface area contributed by atoms with Gasteiger partial charge in [0.15, 0.2) is 0 Å². The van der Waals surface area contributed by atoms with Crippen molar-refractivity contribution in [3.63, 3.8) is 0 Å². The molecule has 0 bridgehead atoms. The van der Waals surface area contributed by atoms with Crippen molar-refractivity contribution < 1.29 is 0 Å².